The summed E-state index contributed by atoms with van der Waals surface area (Å²) >= 11 is 0. The van der Waals surface area contributed by atoms with Crippen molar-refractivity contribution in [1.29, 1.82) is 0 Å². The Morgan fingerprint density at radius 2 is 1.04 bits per heavy atom. The van der Waals surface area contributed by atoms with E-state index in [9.17, 15) is 0 Å². The normalized spacial score (nSPS) is 11.8. The highest BCUT2D eigenvalue weighted by molar-refractivity contribution is 6.10. The summed E-state index contributed by atoms with van der Waals surface area (Å²) in [5.41, 5.74) is 7.45. The Balaban J connectivity index is 1.16. The maximum absolute atomic E-state index is 6.26. The minimum absolute atomic E-state index is 0.566. The number of fused-ring (bicyclic) bond motifs is 9. The lowest BCUT2D eigenvalue weighted by Crippen LogP contribution is -2.03. The summed E-state index contributed by atoms with van der Waals surface area (Å²) in [5, 5.41) is 9.13. The number of hydrogen-bond donors (Lipinski definition) is 0. The molecule has 11 rings (SSSR count). The third-order valence-corrected chi connectivity index (χ3v) is 10.1. The maximum atomic E-state index is 6.26. The topological polar surface area (TPSA) is 69.6 Å². The molecule has 4 heterocycles. The first-order valence-corrected chi connectivity index (χ1v) is 17.3. The number of aromatic nitrogens is 5. The molecule has 0 bridgehead atoms. The molecule has 0 unspecified atom stereocenters. The van der Waals surface area contributed by atoms with Crippen LogP contribution in [0, 0.1) is 0 Å². The second-order valence-electron chi connectivity index (χ2n) is 13.1. The summed E-state index contributed by atoms with van der Waals surface area (Å²) in [6.07, 6.45) is 3.59. The molecule has 52 heavy (non-hydrogen) atoms. The van der Waals surface area contributed by atoms with Crippen LogP contribution >= 0.6 is 0 Å². The van der Waals surface area contributed by atoms with Gasteiger partial charge in [0.2, 0.25) is 0 Å². The quantitative estimate of drug-likeness (QED) is 0.175. The Kier molecular flexibility index (Phi) is 6.15. The van der Waals surface area contributed by atoms with Crippen LogP contribution in [0.15, 0.2) is 168 Å². The van der Waals surface area contributed by atoms with E-state index in [4.69, 9.17) is 19.4 Å². The molecule has 0 radical (unpaired) electrons. The molecule has 0 saturated heterocycles. The highest BCUT2D eigenvalue weighted by atomic mass is 16.3. The Morgan fingerprint density at radius 1 is 0.423 bits per heavy atom. The molecule has 0 aliphatic carbocycles. The Morgan fingerprint density at radius 3 is 1.85 bits per heavy atom. The fraction of sp³-hybridized carbons (Fsp3) is 0. The van der Waals surface area contributed by atoms with E-state index < -0.39 is 0 Å². The van der Waals surface area contributed by atoms with Crippen molar-refractivity contribution in [3.05, 3.63) is 164 Å². The summed E-state index contributed by atoms with van der Waals surface area (Å²) in [6, 6.07) is 52.8. The van der Waals surface area contributed by atoms with Crippen LogP contribution in [0.5, 0.6) is 0 Å². The highest BCUT2D eigenvalue weighted by Gasteiger charge is 2.20. The summed E-state index contributed by atoms with van der Waals surface area (Å²) in [4.78, 5) is 19.9. The van der Waals surface area contributed by atoms with Gasteiger partial charge in [-0.25, -0.2) is 15.0 Å². The number of furan rings is 1. The van der Waals surface area contributed by atoms with Crippen molar-refractivity contribution in [3.63, 3.8) is 0 Å². The van der Waals surface area contributed by atoms with Crippen molar-refractivity contribution >= 4 is 65.3 Å². The fourth-order valence-electron chi connectivity index (χ4n) is 7.71. The van der Waals surface area contributed by atoms with Gasteiger partial charge in [0.1, 0.15) is 11.2 Å². The van der Waals surface area contributed by atoms with Crippen LogP contribution in [-0.2, 0) is 0 Å². The molecule has 0 fully saturated rings. The zero-order valence-corrected chi connectivity index (χ0v) is 27.7. The molecule has 0 N–H and O–H groups in total. The summed E-state index contributed by atoms with van der Waals surface area (Å²) < 4.78 is 8.58. The van der Waals surface area contributed by atoms with Gasteiger partial charge in [0, 0.05) is 50.6 Å². The average Bonchev–Trinajstić information content (AvgIpc) is 3.76. The van der Waals surface area contributed by atoms with Crippen molar-refractivity contribution in [1.82, 2.24) is 24.5 Å². The Hall–Kier alpha value is -7.18. The molecule has 6 heteroatoms. The first-order chi connectivity index (χ1) is 25.8. The van der Waals surface area contributed by atoms with E-state index in [1.165, 1.54) is 26.9 Å². The van der Waals surface area contributed by atoms with Gasteiger partial charge in [0.15, 0.2) is 17.5 Å². The third-order valence-electron chi connectivity index (χ3n) is 10.1. The van der Waals surface area contributed by atoms with Gasteiger partial charge in [-0.1, -0.05) is 103 Å². The molecule has 7 aromatic carbocycles. The average molecular weight is 666 g/mol. The van der Waals surface area contributed by atoms with Crippen LogP contribution in [0.2, 0.25) is 0 Å². The Bertz CT molecular complexity index is 3160. The van der Waals surface area contributed by atoms with E-state index >= 15 is 0 Å². The number of benzene rings is 7. The van der Waals surface area contributed by atoms with Crippen molar-refractivity contribution in [2.24, 2.45) is 0 Å². The van der Waals surface area contributed by atoms with Crippen LogP contribution in [0.1, 0.15) is 0 Å². The van der Waals surface area contributed by atoms with E-state index in [0.29, 0.717) is 17.5 Å². The molecule has 11 aromatic rings. The molecule has 0 aliphatic heterocycles. The number of nitrogens with zero attached hydrogens (tertiary/aromatic N) is 5. The minimum Gasteiger partial charge on any atom is -0.456 e. The predicted octanol–water partition coefficient (Wildman–Crippen LogP) is 11.6. The maximum Gasteiger partial charge on any atom is 0.166 e. The SMILES string of the molecule is c1ccc(-n2c3ccccc3c3ccccc32)c(-c2nc(-c3ccc4c(ccc5ccccc54)c3)nc(-c3ccc4c(c3)oc3ccncc34)n2)c1. The van der Waals surface area contributed by atoms with Gasteiger partial charge in [-0.15, -0.1) is 0 Å². The Labute approximate surface area is 297 Å². The largest absolute Gasteiger partial charge is 0.456 e. The number of para-hydroxylation sites is 3. The molecule has 242 valence electrons. The lowest BCUT2D eigenvalue weighted by molar-refractivity contribution is 0.668. The molecule has 0 spiro atoms. The zero-order chi connectivity index (χ0) is 34.2. The molecule has 0 amide bonds. The molecule has 0 atom stereocenters. The van der Waals surface area contributed by atoms with Gasteiger partial charge in [-0.05, 0) is 70.1 Å². The van der Waals surface area contributed by atoms with E-state index in [1.54, 1.807) is 6.20 Å². The molecule has 0 aliphatic rings. The van der Waals surface area contributed by atoms with E-state index in [-0.39, 0.29) is 0 Å². The lowest BCUT2D eigenvalue weighted by Gasteiger charge is -2.14. The summed E-state index contributed by atoms with van der Waals surface area (Å²) in [6.45, 7) is 0. The van der Waals surface area contributed by atoms with Crippen LogP contribution in [0.25, 0.3) is 105 Å². The second-order valence-corrected chi connectivity index (χ2v) is 13.1. The van der Waals surface area contributed by atoms with Gasteiger partial charge < -0.3 is 8.98 Å². The third kappa shape index (κ3) is 4.38. The highest BCUT2D eigenvalue weighted by Crippen LogP contribution is 2.37. The van der Waals surface area contributed by atoms with Crippen LogP contribution < -0.4 is 0 Å². The summed E-state index contributed by atoms with van der Waals surface area (Å²) in [7, 11) is 0. The minimum atomic E-state index is 0.566. The van der Waals surface area contributed by atoms with Crippen molar-refractivity contribution in [2.45, 2.75) is 0 Å². The van der Waals surface area contributed by atoms with Crippen LogP contribution in [0.4, 0.5) is 0 Å². The number of hydrogen-bond acceptors (Lipinski definition) is 5. The first-order valence-electron chi connectivity index (χ1n) is 17.3. The first kappa shape index (κ1) is 28.6. The van der Waals surface area contributed by atoms with Crippen LogP contribution in [0.3, 0.4) is 0 Å². The fourth-order valence-corrected chi connectivity index (χ4v) is 7.71. The molecular weight excluding hydrogens is 639 g/mol. The summed E-state index contributed by atoms with van der Waals surface area (Å²) in [5.74, 6) is 1.75. The van der Waals surface area contributed by atoms with Gasteiger partial charge >= 0.3 is 0 Å². The van der Waals surface area contributed by atoms with Crippen LogP contribution in [-0.4, -0.2) is 24.5 Å². The standard InChI is InChI=1S/C46H27N5O/c1-2-10-32-28(9-1)17-18-29-25-30(19-21-33(29)32)44-48-45(31-20-22-36-38-27-47-24-23-42(38)52-43(36)26-31)50-46(49-44)37-13-5-8-16-41(37)51-39-14-6-3-11-34(39)35-12-4-7-15-40(35)51/h1-27H. The van der Waals surface area contributed by atoms with Gasteiger partial charge in [0.25, 0.3) is 0 Å². The molecule has 4 aromatic heterocycles. The van der Waals surface area contributed by atoms with Crippen molar-refractivity contribution < 1.29 is 4.42 Å². The lowest BCUT2D eigenvalue weighted by atomic mass is 10.00. The second kappa shape index (κ2) is 11.2. The molecular formula is C46H27N5O. The molecule has 0 saturated carbocycles. The van der Waals surface area contributed by atoms with Gasteiger partial charge in [-0.3, -0.25) is 4.98 Å². The monoisotopic (exact) mass is 665 g/mol. The van der Waals surface area contributed by atoms with E-state index in [1.807, 2.05) is 24.4 Å². The smallest absolute Gasteiger partial charge is 0.166 e. The van der Waals surface area contributed by atoms with E-state index in [2.05, 4.69) is 143 Å². The van der Waals surface area contributed by atoms with Crippen molar-refractivity contribution in [2.75, 3.05) is 0 Å². The predicted molar refractivity (Wildman–Crippen MR) is 211 cm³/mol. The van der Waals surface area contributed by atoms with E-state index in [0.717, 1.165) is 60.7 Å². The van der Waals surface area contributed by atoms with Gasteiger partial charge in [0.05, 0.1) is 16.7 Å². The van der Waals surface area contributed by atoms with Gasteiger partial charge in [-0.2, -0.15) is 0 Å². The number of rotatable bonds is 4. The van der Waals surface area contributed by atoms with Crippen molar-refractivity contribution in [3.8, 4) is 39.9 Å². The number of pyridine rings is 1. The zero-order valence-electron chi connectivity index (χ0n) is 27.7. The molecule has 6 nitrogen and oxygen atoms in total.